The number of nitrogens with two attached hydrogens (primary N) is 1. The molecule has 1 saturated carbocycles. The highest BCUT2D eigenvalue weighted by Crippen LogP contribution is 2.34. The molecule has 0 radical (unpaired) electrons. The van der Waals surface area contributed by atoms with Gasteiger partial charge in [-0.3, -0.25) is 0 Å². The van der Waals surface area contributed by atoms with E-state index >= 15 is 0 Å². The van der Waals surface area contributed by atoms with Crippen molar-refractivity contribution in [1.82, 2.24) is 0 Å². The number of hydrogen-bond acceptors (Lipinski definition) is 2. The van der Waals surface area contributed by atoms with Crippen LogP contribution in [0.15, 0.2) is 12.1 Å². The van der Waals surface area contributed by atoms with E-state index < -0.39 is 0 Å². The molecule has 0 amide bonds. The van der Waals surface area contributed by atoms with Crippen LogP contribution in [0.5, 0.6) is 0 Å². The Morgan fingerprint density at radius 3 is 2.63 bits per heavy atom. The van der Waals surface area contributed by atoms with Crippen molar-refractivity contribution in [3.63, 3.8) is 0 Å². The topological polar surface area (TPSA) is 29.3 Å². The number of anilines is 1. The number of aryl methyl sites for hydroxylation is 1. The summed E-state index contributed by atoms with van der Waals surface area (Å²) >= 11 is 0. The van der Waals surface area contributed by atoms with Gasteiger partial charge in [-0.25, -0.2) is 4.39 Å². The molecule has 19 heavy (non-hydrogen) atoms. The Labute approximate surface area is 115 Å². The highest BCUT2D eigenvalue weighted by atomic mass is 19.1. The lowest BCUT2D eigenvalue weighted by Gasteiger charge is -2.28. The molecule has 106 valence electrons. The summed E-state index contributed by atoms with van der Waals surface area (Å²) in [6.45, 7) is 8.03. The van der Waals surface area contributed by atoms with Gasteiger partial charge in [-0.15, -0.1) is 0 Å². The summed E-state index contributed by atoms with van der Waals surface area (Å²) in [5.74, 6) is 0.664. The summed E-state index contributed by atoms with van der Waals surface area (Å²) in [7, 11) is 0. The lowest BCUT2D eigenvalue weighted by atomic mass is 10.0. The largest absolute Gasteiger partial charge is 0.371 e. The van der Waals surface area contributed by atoms with Crippen molar-refractivity contribution in [2.75, 3.05) is 18.0 Å². The maximum absolute atomic E-state index is 13.8. The molecule has 0 bridgehead atoms. The third-order valence-electron chi connectivity index (χ3n) is 3.81. The number of benzene rings is 1. The summed E-state index contributed by atoms with van der Waals surface area (Å²) in [6, 6.07) is 3.44. The van der Waals surface area contributed by atoms with Gasteiger partial charge in [-0.2, -0.15) is 0 Å². The molecule has 3 heteroatoms. The smallest absolute Gasteiger partial charge is 0.126 e. The second-order valence-corrected chi connectivity index (χ2v) is 5.84. The second kappa shape index (κ2) is 5.91. The predicted molar refractivity (Wildman–Crippen MR) is 79.0 cm³/mol. The summed E-state index contributed by atoms with van der Waals surface area (Å²) in [5, 5.41) is 0. The minimum absolute atomic E-state index is 0.136. The Morgan fingerprint density at radius 2 is 2.11 bits per heavy atom. The van der Waals surface area contributed by atoms with E-state index in [0.717, 1.165) is 36.7 Å². The predicted octanol–water partition coefficient (Wildman–Crippen LogP) is 3.78. The van der Waals surface area contributed by atoms with Crippen LogP contribution in [0.1, 0.15) is 50.3 Å². The first-order valence-corrected chi connectivity index (χ1v) is 7.33. The van der Waals surface area contributed by atoms with E-state index in [1.54, 1.807) is 6.07 Å². The normalized spacial score (nSPS) is 16.5. The zero-order chi connectivity index (χ0) is 14.0. The molecule has 2 nitrogen and oxygen atoms in total. The second-order valence-electron chi connectivity index (χ2n) is 5.84. The Morgan fingerprint density at radius 1 is 1.42 bits per heavy atom. The van der Waals surface area contributed by atoms with Crippen LogP contribution in [0.25, 0.3) is 0 Å². The molecule has 0 unspecified atom stereocenters. The quantitative estimate of drug-likeness (QED) is 0.847. The van der Waals surface area contributed by atoms with Gasteiger partial charge in [-0.1, -0.05) is 6.92 Å². The molecule has 1 aromatic rings. The van der Waals surface area contributed by atoms with E-state index in [-0.39, 0.29) is 11.9 Å². The van der Waals surface area contributed by atoms with E-state index in [0.29, 0.717) is 5.56 Å². The molecule has 1 fully saturated rings. The Hall–Kier alpha value is -1.09. The van der Waals surface area contributed by atoms with Gasteiger partial charge in [-0.05, 0) is 62.3 Å². The molecule has 1 aliphatic rings. The molecule has 2 rings (SSSR count). The van der Waals surface area contributed by atoms with Crippen LogP contribution in [0.2, 0.25) is 0 Å². The van der Waals surface area contributed by atoms with Gasteiger partial charge in [0.2, 0.25) is 0 Å². The fourth-order valence-electron chi connectivity index (χ4n) is 2.51. The van der Waals surface area contributed by atoms with Crippen molar-refractivity contribution in [2.45, 2.75) is 46.1 Å². The summed E-state index contributed by atoms with van der Waals surface area (Å²) in [4.78, 5) is 2.39. The zero-order valence-electron chi connectivity index (χ0n) is 12.2. The molecule has 0 spiro atoms. The van der Waals surface area contributed by atoms with Gasteiger partial charge in [0.25, 0.3) is 0 Å². The molecular formula is C16H25FN2. The van der Waals surface area contributed by atoms with Crippen LogP contribution >= 0.6 is 0 Å². The summed E-state index contributed by atoms with van der Waals surface area (Å²) in [6.07, 6.45) is 3.75. The SMILES string of the molecule is CCCN(CC1CC1)c1cc(C)c(F)cc1[C@@H](C)N. The van der Waals surface area contributed by atoms with E-state index in [9.17, 15) is 4.39 Å². The Bertz CT molecular complexity index is 439. The van der Waals surface area contributed by atoms with E-state index in [2.05, 4.69) is 11.8 Å². The highest BCUT2D eigenvalue weighted by molar-refractivity contribution is 5.57. The van der Waals surface area contributed by atoms with Crippen molar-refractivity contribution in [3.05, 3.63) is 29.1 Å². The Kier molecular flexibility index (Phi) is 4.46. The van der Waals surface area contributed by atoms with Crippen LogP contribution in [-0.4, -0.2) is 13.1 Å². The minimum atomic E-state index is -0.154. The number of nitrogens with zero attached hydrogens (tertiary/aromatic N) is 1. The van der Waals surface area contributed by atoms with Crippen molar-refractivity contribution in [2.24, 2.45) is 11.7 Å². The number of halogens is 1. The Balaban J connectivity index is 2.34. The lowest BCUT2D eigenvalue weighted by Crippen LogP contribution is -2.28. The first-order valence-electron chi connectivity index (χ1n) is 7.33. The number of rotatable bonds is 6. The molecule has 0 aromatic heterocycles. The molecule has 0 aliphatic heterocycles. The van der Waals surface area contributed by atoms with Gasteiger partial charge >= 0.3 is 0 Å². The van der Waals surface area contributed by atoms with Crippen LogP contribution in [0.4, 0.5) is 10.1 Å². The molecule has 1 aliphatic carbocycles. The standard InChI is InChI=1S/C16H25FN2/c1-4-7-19(10-13-5-6-13)16-8-11(2)15(17)9-14(16)12(3)18/h8-9,12-13H,4-7,10,18H2,1-3H3/t12-/m1/s1. The van der Waals surface area contributed by atoms with Crippen molar-refractivity contribution < 1.29 is 4.39 Å². The average molecular weight is 264 g/mol. The van der Waals surface area contributed by atoms with Gasteiger partial charge in [0.15, 0.2) is 0 Å². The highest BCUT2D eigenvalue weighted by Gasteiger charge is 2.26. The monoisotopic (exact) mass is 264 g/mol. The maximum atomic E-state index is 13.8. The van der Waals surface area contributed by atoms with E-state index in [4.69, 9.17) is 5.73 Å². The summed E-state index contributed by atoms with van der Waals surface area (Å²) < 4.78 is 13.8. The molecule has 0 saturated heterocycles. The summed E-state index contributed by atoms with van der Waals surface area (Å²) in [5.41, 5.74) is 8.78. The number of hydrogen-bond donors (Lipinski definition) is 1. The van der Waals surface area contributed by atoms with Crippen molar-refractivity contribution >= 4 is 5.69 Å². The molecule has 0 heterocycles. The average Bonchev–Trinajstić information content (AvgIpc) is 3.15. The molecule has 1 aromatic carbocycles. The van der Waals surface area contributed by atoms with Crippen LogP contribution in [0, 0.1) is 18.7 Å². The molecule has 1 atom stereocenters. The fraction of sp³-hybridized carbons (Fsp3) is 0.625. The van der Waals surface area contributed by atoms with E-state index in [1.807, 2.05) is 19.9 Å². The third-order valence-corrected chi connectivity index (χ3v) is 3.81. The van der Waals surface area contributed by atoms with Crippen LogP contribution in [-0.2, 0) is 0 Å². The van der Waals surface area contributed by atoms with Crippen molar-refractivity contribution in [3.8, 4) is 0 Å². The van der Waals surface area contributed by atoms with Gasteiger partial charge in [0.05, 0.1) is 0 Å². The lowest BCUT2D eigenvalue weighted by molar-refractivity contribution is 0.610. The zero-order valence-corrected chi connectivity index (χ0v) is 12.2. The third kappa shape index (κ3) is 3.47. The van der Waals surface area contributed by atoms with Crippen molar-refractivity contribution in [1.29, 1.82) is 0 Å². The first kappa shape index (κ1) is 14.3. The minimum Gasteiger partial charge on any atom is -0.371 e. The van der Waals surface area contributed by atoms with Gasteiger partial charge in [0.1, 0.15) is 5.82 Å². The first-order chi connectivity index (χ1) is 9.02. The molecular weight excluding hydrogens is 239 g/mol. The van der Waals surface area contributed by atoms with Gasteiger partial charge in [0, 0.05) is 24.8 Å². The van der Waals surface area contributed by atoms with Gasteiger partial charge < -0.3 is 10.6 Å². The van der Waals surface area contributed by atoms with Crippen LogP contribution < -0.4 is 10.6 Å². The van der Waals surface area contributed by atoms with Crippen LogP contribution in [0.3, 0.4) is 0 Å². The maximum Gasteiger partial charge on any atom is 0.126 e. The molecule has 2 N–H and O–H groups in total. The van der Waals surface area contributed by atoms with E-state index in [1.165, 1.54) is 12.8 Å². The fourth-order valence-corrected chi connectivity index (χ4v) is 2.51.